The van der Waals surface area contributed by atoms with E-state index in [-0.39, 0.29) is 0 Å². The van der Waals surface area contributed by atoms with E-state index >= 15 is 0 Å². The van der Waals surface area contributed by atoms with E-state index in [1.54, 1.807) is 6.07 Å². The van der Waals surface area contributed by atoms with Gasteiger partial charge in [-0.1, -0.05) is 26.0 Å². The van der Waals surface area contributed by atoms with Crippen molar-refractivity contribution in [2.24, 2.45) is 0 Å². The Kier molecular flexibility index (Phi) is 3.38. The quantitative estimate of drug-likeness (QED) is 0.741. The van der Waals surface area contributed by atoms with Crippen LogP contribution in [0.15, 0.2) is 42.6 Å². The van der Waals surface area contributed by atoms with E-state index in [0.29, 0.717) is 17.4 Å². The van der Waals surface area contributed by atoms with Gasteiger partial charge in [0, 0.05) is 12.3 Å². The molecule has 3 heteroatoms. The first-order chi connectivity index (χ1) is 8.15. The zero-order valence-electron chi connectivity index (χ0n) is 9.85. The molecule has 0 saturated carbocycles. The van der Waals surface area contributed by atoms with Gasteiger partial charge < -0.3 is 4.74 Å². The molecule has 0 atom stereocenters. The summed E-state index contributed by atoms with van der Waals surface area (Å²) in [7, 11) is 0. The Balaban J connectivity index is 2.14. The van der Waals surface area contributed by atoms with Crippen molar-refractivity contribution in [3.05, 3.63) is 54.1 Å². The minimum Gasteiger partial charge on any atom is -0.457 e. The van der Waals surface area contributed by atoms with Crippen LogP contribution in [-0.4, -0.2) is 4.98 Å². The van der Waals surface area contributed by atoms with Gasteiger partial charge in [-0.25, -0.2) is 4.98 Å². The predicted octanol–water partition coefficient (Wildman–Crippen LogP) is 4.14. The highest BCUT2D eigenvalue weighted by Gasteiger charge is 2.01. The number of ether oxygens (including phenoxy) is 1. The van der Waals surface area contributed by atoms with E-state index < -0.39 is 5.95 Å². The van der Waals surface area contributed by atoms with Gasteiger partial charge in [-0.05, 0) is 29.7 Å². The van der Waals surface area contributed by atoms with E-state index in [2.05, 4.69) is 18.8 Å². The van der Waals surface area contributed by atoms with Gasteiger partial charge in [-0.2, -0.15) is 4.39 Å². The lowest BCUT2D eigenvalue weighted by Gasteiger charge is -2.08. The lowest BCUT2D eigenvalue weighted by molar-refractivity contribution is 0.472. The van der Waals surface area contributed by atoms with E-state index in [1.165, 1.54) is 17.8 Å². The molecule has 2 aromatic rings. The summed E-state index contributed by atoms with van der Waals surface area (Å²) in [4.78, 5) is 3.47. The standard InChI is InChI=1S/C14H14FNO/c1-10(2)11-3-5-12(6-4-11)17-13-7-8-16-14(15)9-13/h3-10H,1-2H3. The Morgan fingerprint density at radius 2 is 1.76 bits per heavy atom. The van der Waals surface area contributed by atoms with Crippen LogP contribution in [0.25, 0.3) is 0 Å². The average molecular weight is 231 g/mol. The number of nitrogens with zero attached hydrogens (tertiary/aromatic N) is 1. The van der Waals surface area contributed by atoms with Crippen molar-refractivity contribution in [3.63, 3.8) is 0 Å². The summed E-state index contributed by atoms with van der Waals surface area (Å²) in [5.74, 6) is 1.10. The SMILES string of the molecule is CC(C)c1ccc(Oc2ccnc(F)c2)cc1. The summed E-state index contributed by atoms with van der Waals surface area (Å²) in [5, 5.41) is 0. The summed E-state index contributed by atoms with van der Waals surface area (Å²) < 4.78 is 18.4. The predicted molar refractivity (Wildman–Crippen MR) is 64.8 cm³/mol. The third-order valence-electron chi connectivity index (χ3n) is 2.48. The fourth-order valence-electron chi connectivity index (χ4n) is 1.51. The first-order valence-electron chi connectivity index (χ1n) is 5.54. The lowest BCUT2D eigenvalue weighted by atomic mass is 10.0. The number of hydrogen-bond donors (Lipinski definition) is 0. The first kappa shape index (κ1) is 11.6. The Hall–Kier alpha value is -1.90. The molecule has 0 aliphatic carbocycles. The molecule has 2 nitrogen and oxygen atoms in total. The van der Waals surface area contributed by atoms with Crippen LogP contribution in [0.2, 0.25) is 0 Å². The molecule has 0 saturated heterocycles. The minimum absolute atomic E-state index is 0.454. The summed E-state index contributed by atoms with van der Waals surface area (Å²) in [5.41, 5.74) is 1.25. The Bertz CT molecular complexity index is 494. The maximum absolute atomic E-state index is 12.8. The van der Waals surface area contributed by atoms with Crippen LogP contribution in [-0.2, 0) is 0 Å². The highest BCUT2D eigenvalue weighted by molar-refractivity contribution is 5.33. The molecule has 0 aliphatic heterocycles. The van der Waals surface area contributed by atoms with Gasteiger partial charge in [0.2, 0.25) is 5.95 Å². The minimum atomic E-state index is -0.540. The molecular formula is C14H14FNO. The van der Waals surface area contributed by atoms with E-state index in [0.717, 1.165) is 0 Å². The fraction of sp³-hybridized carbons (Fsp3) is 0.214. The van der Waals surface area contributed by atoms with Gasteiger partial charge in [0.05, 0.1) is 0 Å². The van der Waals surface area contributed by atoms with Crippen molar-refractivity contribution in [1.82, 2.24) is 4.98 Å². The molecule has 0 aliphatic rings. The highest BCUT2D eigenvalue weighted by atomic mass is 19.1. The Morgan fingerprint density at radius 1 is 1.06 bits per heavy atom. The third-order valence-corrected chi connectivity index (χ3v) is 2.48. The molecule has 0 amide bonds. The Labute approximate surface area is 100 Å². The van der Waals surface area contributed by atoms with Gasteiger partial charge >= 0.3 is 0 Å². The smallest absolute Gasteiger partial charge is 0.216 e. The summed E-state index contributed by atoms with van der Waals surface area (Å²) >= 11 is 0. The molecule has 1 aromatic carbocycles. The van der Waals surface area contributed by atoms with Crippen molar-refractivity contribution in [1.29, 1.82) is 0 Å². The molecule has 0 fully saturated rings. The number of hydrogen-bond acceptors (Lipinski definition) is 2. The van der Waals surface area contributed by atoms with E-state index in [1.807, 2.05) is 24.3 Å². The van der Waals surface area contributed by atoms with Crippen LogP contribution >= 0.6 is 0 Å². The molecule has 1 aromatic heterocycles. The maximum atomic E-state index is 12.8. The number of aromatic nitrogens is 1. The molecule has 88 valence electrons. The van der Waals surface area contributed by atoms with Gasteiger partial charge in [0.15, 0.2) is 0 Å². The van der Waals surface area contributed by atoms with Gasteiger partial charge in [-0.15, -0.1) is 0 Å². The maximum Gasteiger partial charge on any atom is 0.216 e. The van der Waals surface area contributed by atoms with E-state index in [4.69, 9.17) is 4.74 Å². The fourth-order valence-corrected chi connectivity index (χ4v) is 1.51. The molecular weight excluding hydrogens is 217 g/mol. The molecule has 1 heterocycles. The summed E-state index contributed by atoms with van der Waals surface area (Å²) in [6, 6.07) is 10.7. The molecule has 0 bridgehead atoms. The lowest BCUT2D eigenvalue weighted by Crippen LogP contribution is -1.89. The zero-order chi connectivity index (χ0) is 12.3. The van der Waals surface area contributed by atoms with Crippen molar-refractivity contribution >= 4 is 0 Å². The first-order valence-corrected chi connectivity index (χ1v) is 5.54. The van der Waals surface area contributed by atoms with E-state index in [9.17, 15) is 4.39 Å². The molecule has 0 spiro atoms. The van der Waals surface area contributed by atoms with Crippen LogP contribution in [0.1, 0.15) is 25.3 Å². The largest absolute Gasteiger partial charge is 0.457 e. The summed E-state index contributed by atoms with van der Waals surface area (Å²) in [6.07, 6.45) is 1.38. The monoisotopic (exact) mass is 231 g/mol. The van der Waals surface area contributed by atoms with Crippen molar-refractivity contribution in [2.75, 3.05) is 0 Å². The summed E-state index contributed by atoms with van der Waals surface area (Å²) in [6.45, 7) is 4.27. The highest BCUT2D eigenvalue weighted by Crippen LogP contribution is 2.23. The second kappa shape index (κ2) is 4.95. The zero-order valence-corrected chi connectivity index (χ0v) is 9.85. The molecule has 2 rings (SSSR count). The Morgan fingerprint density at radius 3 is 2.35 bits per heavy atom. The van der Waals surface area contributed by atoms with Crippen molar-refractivity contribution in [2.45, 2.75) is 19.8 Å². The van der Waals surface area contributed by atoms with Gasteiger partial charge in [-0.3, -0.25) is 0 Å². The normalized spacial score (nSPS) is 10.6. The second-order valence-corrected chi connectivity index (χ2v) is 4.14. The van der Waals surface area contributed by atoms with Crippen LogP contribution in [0, 0.1) is 5.95 Å². The number of rotatable bonds is 3. The number of halogens is 1. The molecule has 17 heavy (non-hydrogen) atoms. The number of benzene rings is 1. The topological polar surface area (TPSA) is 22.1 Å². The van der Waals surface area contributed by atoms with Crippen molar-refractivity contribution < 1.29 is 9.13 Å². The third kappa shape index (κ3) is 3.03. The van der Waals surface area contributed by atoms with Crippen LogP contribution in [0.4, 0.5) is 4.39 Å². The molecule has 0 radical (unpaired) electrons. The van der Waals surface area contributed by atoms with Gasteiger partial charge in [0.1, 0.15) is 11.5 Å². The van der Waals surface area contributed by atoms with Crippen LogP contribution in [0.5, 0.6) is 11.5 Å². The van der Waals surface area contributed by atoms with Crippen LogP contribution in [0.3, 0.4) is 0 Å². The average Bonchev–Trinajstić information content (AvgIpc) is 2.29. The number of pyridine rings is 1. The second-order valence-electron chi connectivity index (χ2n) is 4.14. The van der Waals surface area contributed by atoms with Crippen LogP contribution < -0.4 is 4.74 Å². The molecule has 0 unspecified atom stereocenters. The van der Waals surface area contributed by atoms with Gasteiger partial charge in [0.25, 0.3) is 0 Å². The molecule has 0 N–H and O–H groups in total. The van der Waals surface area contributed by atoms with Crippen molar-refractivity contribution in [3.8, 4) is 11.5 Å².